The maximum atomic E-state index is 13.6. The Hall–Kier alpha value is -1.81. The molecule has 1 aliphatic carbocycles. The molecule has 190 valence electrons. The van der Waals surface area contributed by atoms with Crippen molar-refractivity contribution in [1.82, 2.24) is 10.2 Å². The Morgan fingerprint density at radius 1 is 1.14 bits per heavy atom. The van der Waals surface area contributed by atoms with Crippen LogP contribution in [0.2, 0.25) is 10.0 Å². The zero-order valence-corrected chi connectivity index (χ0v) is 23.4. The van der Waals surface area contributed by atoms with Crippen molar-refractivity contribution in [3.8, 4) is 0 Å². The summed E-state index contributed by atoms with van der Waals surface area (Å²) in [5.41, 5.74) is 0.889. The molecule has 2 amide bonds. The predicted octanol–water partition coefficient (Wildman–Crippen LogP) is 5.00. The summed E-state index contributed by atoms with van der Waals surface area (Å²) in [5, 5.41) is 3.45. The Morgan fingerprint density at radius 3 is 2.46 bits per heavy atom. The number of rotatable bonds is 9. The smallest absolute Gasteiger partial charge is 0.244 e. The maximum absolute atomic E-state index is 13.6. The van der Waals surface area contributed by atoms with Gasteiger partial charge in [0.25, 0.3) is 0 Å². The minimum Gasteiger partial charge on any atom is -0.352 e. The summed E-state index contributed by atoms with van der Waals surface area (Å²) in [6, 6.07) is 11.1. The highest BCUT2D eigenvalue weighted by atomic mass is 79.9. The van der Waals surface area contributed by atoms with E-state index in [0.717, 1.165) is 46.3 Å². The lowest BCUT2D eigenvalue weighted by Gasteiger charge is -2.32. The fraction of sp³-hybridized carbons (Fsp3) is 0.417. The molecule has 1 atom stereocenters. The van der Waals surface area contributed by atoms with Crippen molar-refractivity contribution in [3.05, 3.63) is 62.5 Å². The molecule has 0 radical (unpaired) electrons. The molecule has 0 heterocycles. The van der Waals surface area contributed by atoms with Crippen molar-refractivity contribution >= 4 is 66.7 Å². The van der Waals surface area contributed by atoms with Crippen LogP contribution in [0, 0.1) is 0 Å². The van der Waals surface area contributed by atoms with E-state index in [4.69, 9.17) is 23.2 Å². The number of carbonyl (C=O) groups excluding carboxylic acids is 2. The zero-order valence-electron chi connectivity index (χ0n) is 19.5. The van der Waals surface area contributed by atoms with Gasteiger partial charge in [-0.1, -0.05) is 64.1 Å². The van der Waals surface area contributed by atoms with Gasteiger partial charge in [-0.3, -0.25) is 13.9 Å². The molecule has 1 aliphatic rings. The first kappa shape index (κ1) is 27.8. The topological polar surface area (TPSA) is 86.8 Å². The van der Waals surface area contributed by atoms with Gasteiger partial charge in [-0.2, -0.15) is 0 Å². The molecule has 11 heteroatoms. The highest BCUT2D eigenvalue weighted by molar-refractivity contribution is 9.10. The third-order valence-corrected chi connectivity index (χ3v) is 8.14. The lowest BCUT2D eigenvalue weighted by molar-refractivity contribution is -0.139. The summed E-state index contributed by atoms with van der Waals surface area (Å²) in [5.74, 6) is -0.813. The van der Waals surface area contributed by atoms with E-state index in [0.29, 0.717) is 0 Å². The van der Waals surface area contributed by atoms with Gasteiger partial charge in [0.1, 0.15) is 12.6 Å². The minimum absolute atomic E-state index is 0.0885. The quantitative estimate of drug-likeness (QED) is 0.436. The number of carbonyl (C=O) groups is 2. The highest BCUT2D eigenvalue weighted by Gasteiger charge is 2.32. The summed E-state index contributed by atoms with van der Waals surface area (Å²) in [7, 11) is -3.90. The summed E-state index contributed by atoms with van der Waals surface area (Å²) in [6.07, 6.45) is 4.93. The van der Waals surface area contributed by atoms with Gasteiger partial charge in [-0.15, -0.1) is 0 Å². The summed E-state index contributed by atoms with van der Waals surface area (Å²) < 4.78 is 27.1. The highest BCUT2D eigenvalue weighted by Crippen LogP contribution is 2.31. The number of benzene rings is 2. The molecule has 7 nitrogen and oxygen atoms in total. The van der Waals surface area contributed by atoms with Crippen molar-refractivity contribution in [2.24, 2.45) is 0 Å². The molecule has 2 aromatic rings. The molecule has 3 rings (SSSR count). The van der Waals surface area contributed by atoms with Crippen LogP contribution in [-0.4, -0.2) is 50.0 Å². The summed E-state index contributed by atoms with van der Waals surface area (Å²) in [4.78, 5) is 28.1. The number of amides is 2. The van der Waals surface area contributed by atoms with E-state index in [1.165, 1.54) is 23.1 Å². The molecule has 0 spiro atoms. The second kappa shape index (κ2) is 12.0. The number of nitrogens with one attached hydrogen (secondary N) is 1. The van der Waals surface area contributed by atoms with Crippen LogP contribution in [0.5, 0.6) is 0 Å². The first-order chi connectivity index (χ1) is 16.5. The van der Waals surface area contributed by atoms with E-state index in [9.17, 15) is 18.0 Å². The van der Waals surface area contributed by atoms with Gasteiger partial charge in [-0.25, -0.2) is 8.42 Å². The van der Waals surface area contributed by atoms with E-state index in [2.05, 4.69) is 21.2 Å². The Labute approximate surface area is 224 Å². The number of hydrogen-bond acceptors (Lipinski definition) is 4. The van der Waals surface area contributed by atoms with Crippen molar-refractivity contribution in [2.45, 2.75) is 51.2 Å². The van der Waals surface area contributed by atoms with Crippen molar-refractivity contribution < 1.29 is 18.0 Å². The second-order valence-corrected chi connectivity index (χ2v) is 12.3. The van der Waals surface area contributed by atoms with Crippen LogP contribution in [0.25, 0.3) is 0 Å². The summed E-state index contributed by atoms with van der Waals surface area (Å²) in [6.45, 7) is 1.24. The molecular weight excluding hydrogens is 577 g/mol. The maximum Gasteiger partial charge on any atom is 0.244 e. The standard InChI is InChI=1S/C24H28BrCl2N3O4S/c1-16(24(32)28-20-8-3-4-9-20)29(14-17-6-5-7-18(25)12-17)23(31)15-30(35(2,33)34)22-13-19(26)10-11-21(22)27/h5-7,10-13,16,20H,3-4,8-9,14-15H2,1-2H3,(H,28,32)/t16-/m0/s1. The Morgan fingerprint density at radius 2 is 1.83 bits per heavy atom. The van der Waals surface area contributed by atoms with Crippen LogP contribution in [0.1, 0.15) is 38.2 Å². The molecular formula is C24H28BrCl2N3O4S. The normalized spacial score (nSPS) is 15.0. The number of sulfonamides is 1. The fourth-order valence-electron chi connectivity index (χ4n) is 4.08. The van der Waals surface area contributed by atoms with E-state index in [1.54, 1.807) is 6.92 Å². The molecule has 0 bridgehead atoms. The van der Waals surface area contributed by atoms with Crippen LogP contribution in [-0.2, 0) is 26.2 Å². The SMILES string of the molecule is C[C@@H](C(=O)NC1CCCC1)N(Cc1cccc(Br)c1)C(=O)CN(c1cc(Cl)ccc1Cl)S(C)(=O)=O. The second-order valence-electron chi connectivity index (χ2n) is 8.68. The minimum atomic E-state index is -3.90. The molecule has 1 N–H and O–H groups in total. The lowest BCUT2D eigenvalue weighted by Crippen LogP contribution is -2.52. The van der Waals surface area contributed by atoms with Gasteiger partial charge < -0.3 is 10.2 Å². The first-order valence-electron chi connectivity index (χ1n) is 11.2. The molecule has 1 saturated carbocycles. The average Bonchev–Trinajstić information content (AvgIpc) is 3.29. The number of hydrogen-bond donors (Lipinski definition) is 1. The van der Waals surface area contributed by atoms with Gasteiger partial charge >= 0.3 is 0 Å². The van der Waals surface area contributed by atoms with Gasteiger partial charge in [0.15, 0.2) is 0 Å². The zero-order chi connectivity index (χ0) is 25.8. The molecule has 2 aromatic carbocycles. The first-order valence-corrected chi connectivity index (χ1v) is 14.6. The Balaban J connectivity index is 1.91. The molecule has 35 heavy (non-hydrogen) atoms. The van der Waals surface area contributed by atoms with Crippen molar-refractivity contribution in [2.75, 3.05) is 17.1 Å². The van der Waals surface area contributed by atoms with E-state index in [1.807, 2.05) is 24.3 Å². The average molecular weight is 605 g/mol. The van der Waals surface area contributed by atoms with Gasteiger partial charge in [0.05, 0.1) is 17.0 Å². The molecule has 0 saturated heterocycles. The third-order valence-electron chi connectivity index (χ3n) is 5.97. The Bertz CT molecular complexity index is 1190. The molecule has 1 fully saturated rings. The lowest BCUT2D eigenvalue weighted by atomic mass is 10.1. The van der Waals surface area contributed by atoms with Crippen molar-refractivity contribution in [1.29, 1.82) is 0 Å². The number of anilines is 1. The van der Waals surface area contributed by atoms with Crippen LogP contribution >= 0.6 is 39.1 Å². The van der Waals surface area contributed by atoms with Gasteiger partial charge in [0.2, 0.25) is 21.8 Å². The van der Waals surface area contributed by atoms with Crippen LogP contribution in [0.15, 0.2) is 46.9 Å². The summed E-state index contributed by atoms with van der Waals surface area (Å²) >= 11 is 15.8. The van der Waals surface area contributed by atoms with Gasteiger partial charge in [-0.05, 0) is 55.7 Å². The molecule has 0 aliphatic heterocycles. The number of halogens is 3. The largest absolute Gasteiger partial charge is 0.352 e. The molecule has 0 unspecified atom stereocenters. The van der Waals surface area contributed by atoms with Crippen LogP contribution < -0.4 is 9.62 Å². The monoisotopic (exact) mass is 603 g/mol. The van der Waals surface area contributed by atoms with Crippen LogP contribution in [0.4, 0.5) is 5.69 Å². The van der Waals surface area contributed by atoms with Gasteiger partial charge in [0, 0.05) is 22.1 Å². The van der Waals surface area contributed by atoms with E-state index in [-0.39, 0.29) is 34.2 Å². The Kier molecular flexibility index (Phi) is 9.48. The predicted molar refractivity (Wildman–Crippen MR) is 143 cm³/mol. The van der Waals surface area contributed by atoms with E-state index < -0.39 is 28.5 Å². The molecule has 0 aromatic heterocycles. The van der Waals surface area contributed by atoms with E-state index >= 15 is 0 Å². The fourth-order valence-corrected chi connectivity index (χ4v) is 5.81. The van der Waals surface area contributed by atoms with Crippen molar-refractivity contribution in [3.63, 3.8) is 0 Å². The third kappa shape index (κ3) is 7.59. The number of nitrogens with zero attached hydrogens (tertiary/aromatic N) is 2. The van der Waals surface area contributed by atoms with Crippen LogP contribution in [0.3, 0.4) is 0 Å².